The molecule has 0 saturated carbocycles. The van der Waals surface area contributed by atoms with E-state index in [1.54, 1.807) is 0 Å². The summed E-state index contributed by atoms with van der Waals surface area (Å²) in [5, 5.41) is 3.71. The Kier molecular flexibility index (Phi) is 5.20. The van der Waals surface area contributed by atoms with Crippen LogP contribution < -0.4 is 0 Å². The number of benzene rings is 5. The normalized spacial score (nSPS) is 13.3. The lowest BCUT2D eigenvalue weighted by Gasteiger charge is -2.25. The molecule has 0 amide bonds. The molecule has 1 aliphatic carbocycles. The molecule has 8 rings (SSSR count). The second-order valence-electron chi connectivity index (χ2n) is 11.5. The first-order chi connectivity index (χ1) is 20.1. The van der Waals surface area contributed by atoms with Crippen molar-refractivity contribution < 1.29 is 0 Å². The molecule has 0 spiro atoms. The van der Waals surface area contributed by atoms with E-state index in [4.69, 9.17) is 4.98 Å². The van der Waals surface area contributed by atoms with Crippen LogP contribution in [-0.4, -0.2) is 9.97 Å². The number of nitrogens with zero attached hydrogens (tertiary/aromatic N) is 2. The summed E-state index contributed by atoms with van der Waals surface area (Å²) < 4.78 is 0. The number of hydrogen-bond donors (Lipinski definition) is 0. The van der Waals surface area contributed by atoms with Crippen molar-refractivity contribution in [3.05, 3.63) is 145 Å². The highest BCUT2D eigenvalue weighted by Crippen LogP contribution is 2.53. The summed E-state index contributed by atoms with van der Waals surface area (Å²) in [6, 6.07) is 43.7. The van der Waals surface area contributed by atoms with Crippen molar-refractivity contribution in [2.75, 3.05) is 0 Å². The molecular formula is C39H28N2. The van der Waals surface area contributed by atoms with E-state index in [0.29, 0.717) is 0 Å². The van der Waals surface area contributed by atoms with Crippen molar-refractivity contribution in [3.8, 4) is 44.6 Å². The maximum Gasteiger partial charge on any atom is 0.0759 e. The van der Waals surface area contributed by atoms with Crippen LogP contribution in [0.1, 0.15) is 25.0 Å². The quantitative estimate of drug-likeness (QED) is 0.215. The molecule has 0 N–H and O–H groups in total. The van der Waals surface area contributed by atoms with Crippen molar-refractivity contribution in [3.63, 3.8) is 0 Å². The predicted octanol–water partition coefficient (Wildman–Crippen LogP) is 10.1. The Morgan fingerprint density at radius 2 is 1.32 bits per heavy atom. The van der Waals surface area contributed by atoms with Gasteiger partial charge in [0.1, 0.15) is 0 Å². The van der Waals surface area contributed by atoms with Gasteiger partial charge in [0.2, 0.25) is 0 Å². The first kappa shape index (κ1) is 23.8. The van der Waals surface area contributed by atoms with E-state index in [2.05, 4.69) is 134 Å². The molecule has 0 aliphatic heterocycles. The van der Waals surface area contributed by atoms with Crippen LogP contribution in [0.25, 0.3) is 66.3 Å². The highest BCUT2D eigenvalue weighted by Gasteiger charge is 2.39. The minimum absolute atomic E-state index is 0.171. The van der Waals surface area contributed by atoms with Gasteiger partial charge in [0.25, 0.3) is 0 Å². The third kappa shape index (κ3) is 3.64. The van der Waals surface area contributed by atoms with Crippen LogP contribution in [-0.2, 0) is 5.41 Å². The third-order valence-electron chi connectivity index (χ3n) is 8.72. The minimum Gasteiger partial charge on any atom is -0.264 e. The highest BCUT2D eigenvalue weighted by atomic mass is 14.7. The van der Waals surface area contributed by atoms with Crippen LogP contribution in [0.2, 0.25) is 0 Å². The van der Waals surface area contributed by atoms with Gasteiger partial charge in [0.05, 0.1) is 11.2 Å². The summed E-state index contributed by atoms with van der Waals surface area (Å²) in [4.78, 5) is 9.63. The summed E-state index contributed by atoms with van der Waals surface area (Å²) >= 11 is 0. The van der Waals surface area contributed by atoms with Crippen molar-refractivity contribution >= 4 is 21.7 Å². The van der Waals surface area contributed by atoms with E-state index in [9.17, 15) is 0 Å². The molecule has 2 heteroatoms. The monoisotopic (exact) mass is 524 g/mol. The van der Waals surface area contributed by atoms with Crippen LogP contribution >= 0.6 is 0 Å². The highest BCUT2D eigenvalue weighted by molar-refractivity contribution is 6.15. The van der Waals surface area contributed by atoms with Crippen molar-refractivity contribution in [2.45, 2.75) is 19.3 Å². The molecule has 1 aliphatic rings. The smallest absolute Gasteiger partial charge is 0.0759 e. The van der Waals surface area contributed by atoms with E-state index >= 15 is 0 Å². The van der Waals surface area contributed by atoms with E-state index in [1.165, 1.54) is 60.7 Å². The average Bonchev–Trinajstić information content (AvgIpc) is 3.26. The molecule has 0 saturated heterocycles. The van der Waals surface area contributed by atoms with Crippen molar-refractivity contribution in [1.29, 1.82) is 0 Å². The zero-order valence-electron chi connectivity index (χ0n) is 23.1. The van der Waals surface area contributed by atoms with Crippen LogP contribution in [0.4, 0.5) is 0 Å². The fourth-order valence-corrected chi connectivity index (χ4v) is 6.74. The SMILES string of the molecule is CC1(C)c2ccccc2-c2nc3ccc4ccccc4c3c(-c3ccc(-c4cccc(-c5cccnc5)c4)cc3)c21. The molecule has 5 aromatic carbocycles. The lowest BCUT2D eigenvalue weighted by atomic mass is 9.78. The molecule has 0 fully saturated rings. The molecule has 2 aromatic heterocycles. The fourth-order valence-electron chi connectivity index (χ4n) is 6.74. The van der Waals surface area contributed by atoms with Crippen LogP contribution in [0, 0.1) is 0 Å². The van der Waals surface area contributed by atoms with E-state index in [-0.39, 0.29) is 5.41 Å². The number of hydrogen-bond acceptors (Lipinski definition) is 2. The topological polar surface area (TPSA) is 25.8 Å². The molecule has 0 bridgehead atoms. The molecule has 0 radical (unpaired) electrons. The van der Waals surface area contributed by atoms with Crippen LogP contribution in [0.5, 0.6) is 0 Å². The second kappa shape index (κ2) is 8.97. The molecule has 2 nitrogen and oxygen atoms in total. The predicted molar refractivity (Wildman–Crippen MR) is 171 cm³/mol. The van der Waals surface area contributed by atoms with Crippen molar-refractivity contribution in [2.24, 2.45) is 0 Å². The molecule has 7 aromatic rings. The Labute approximate surface area is 240 Å². The van der Waals surface area contributed by atoms with Crippen molar-refractivity contribution in [1.82, 2.24) is 9.97 Å². The van der Waals surface area contributed by atoms with Crippen LogP contribution in [0.3, 0.4) is 0 Å². The van der Waals surface area contributed by atoms with E-state index in [0.717, 1.165) is 16.8 Å². The Balaban J connectivity index is 1.36. The lowest BCUT2D eigenvalue weighted by Crippen LogP contribution is -2.16. The summed E-state index contributed by atoms with van der Waals surface area (Å²) in [6.07, 6.45) is 3.73. The fraction of sp³-hybridized carbons (Fsp3) is 0.0769. The molecular weight excluding hydrogens is 496 g/mol. The first-order valence-electron chi connectivity index (χ1n) is 14.2. The number of fused-ring (bicyclic) bond motifs is 6. The van der Waals surface area contributed by atoms with Crippen LogP contribution in [0.15, 0.2) is 134 Å². The summed E-state index contributed by atoms with van der Waals surface area (Å²) in [7, 11) is 0. The van der Waals surface area contributed by atoms with Gasteiger partial charge in [-0.3, -0.25) is 4.98 Å². The molecule has 2 heterocycles. The standard InChI is InChI=1S/C39H28N2/c1-39(2)33-15-6-5-14-32(33)38-37(39)35(36-31-13-4-3-9-26(31)20-21-34(36)41-38)27-18-16-25(17-19-27)28-10-7-11-29(23-28)30-12-8-22-40-24-30/h3-24H,1-2H3. The van der Waals surface area contributed by atoms with E-state index in [1.807, 2.05) is 18.5 Å². The second-order valence-corrected chi connectivity index (χ2v) is 11.5. The Morgan fingerprint density at radius 1 is 0.585 bits per heavy atom. The maximum absolute atomic E-state index is 5.33. The van der Waals surface area contributed by atoms with E-state index < -0.39 is 0 Å². The van der Waals surface area contributed by atoms with Gasteiger partial charge < -0.3 is 0 Å². The van der Waals surface area contributed by atoms with Gasteiger partial charge in [0, 0.05) is 34.3 Å². The minimum atomic E-state index is -0.171. The largest absolute Gasteiger partial charge is 0.264 e. The Bertz CT molecular complexity index is 2110. The van der Waals surface area contributed by atoms with Gasteiger partial charge in [-0.2, -0.15) is 0 Å². The zero-order valence-corrected chi connectivity index (χ0v) is 23.1. The maximum atomic E-state index is 5.33. The zero-order chi connectivity index (χ0) is 27.6. The molecule has 0 unspecified atom stereocenters. The van der Waals surface area contributed by atoms with Gasteiger partial charge in [-0.15, -0.1) is 0 Å². The van der Waals surface area contributed by atoms with Gasteiger partial charge in [-0.05, 0) is 67.9 Å². The first-order valence-corrected chi connectivity index (χ1v) is 14.2. The molecule has 41 heavy (non-hydrogen) atoms. The molecule has 194 valence electrons. The lowest BCUT2D eigenvalue weighted by molar-refractivity contribution is 0.662. The number of pyridine rings is 2. The Hall–Kier alpha value is -5.08. The average molecular weight is 525 g/mol. The van der Waals surface area contributed by atoms with Gasteiger partial charge in [-0.25, -0.2) is 4.98 Å². The Morgan fingerprint density at radius 3 is 2.15 bits per heavy atom. The summed E-state index contributed by atoms with van der Waals surface area (Å²) in [5.41, 5.74) is 13.1. The van der Waals surface area contributed by atoms with Gasteiger partial charge in [-0.1, -0.05) is 117 Å². The number of aromatic nitrogens is 2. The van der Waals surface area contributed by atoms with Gasteiger partial charge in [0.15, 0.2) is 0 Å². The summed E-state index contributed by atoms with van der Waals surface area (Å²) in [5.74, 6) is 0. The van der Waals surface area contributed by atoms with Gasteiger partial charge >= 0.3 is 0 Å². The molecule has 0 atom stereocenters. The summed E-state index contributed by atoms with van der Waals surface area (Å²) in [6.45, 7) is 4.69. The number of rotatable bonds is 3. The third-order valence-corrected chi connectivity index (χ3v) is 8.72.